The Morgan fingerprint density at radius 1 is 0.275 bits per heavy atom. The van der Waals surface area contributed by atoms with Crippen LogP contribution in [0, 0.1) is 0 Å². The lowest BCUT2D eigenvalue weighted by Gasteiger charge is -2.18. The quantitative estimate of drug-likeness (QED) is 0.0261. The Morgan fingerprint density at radius 3 is 0.812 bits per heavy atom. The predicted molar refractivity (Wildman–Crippen MR) is 298 cm³/mol. The summed E-state index contributed by atoms with van der Waals surface area (Å²) in [6.07, 6.45) is 70.3. The first kappa shape index (κ1) is 66.6. The minimum Gasteiger partial charge on any atom is -0.462 e. The van der Waals surface area contributed by atoms with Crippen LogP contribution in [-0.4, -0.2) is 37.2 Å². The molecule has 0 rings (SSSR count). The van der Waals surface area contributed by atoms with Gasteiger partial charge in [0.05, 0.1) is 0 Å². The normalized spacial score (nSPS) is 12.2. The molecule has 0 aliphatic carbocycles. The number of ether oxygens (including phenoxy) is 3. The summed E-state index contributed by atoms with van der Waals surface area (Å²) in [6.45, 7) is 6.57. The van der Waals surface area contributed by atoms with Crippen LogP contribution in [0.15, 0.2) is 36.5 Å². The highest BCUT2D eigenvalue weighted by Gasteiger charge is 2.19. The van der Waals surface area contributed by atoms with E-state index >= 15 is 0 Å². The maximum atomic E-state index is 12.8. The van der Waals surface area contributed by atoms with Crippen LogP contribution in [0.3, 0.4) is 0 Å². The fourth-order valence-electron chi connectivity index (χ4n) is 8.97. The monoisotopic (exact) mass is 969 g/mol. The summed E-state index contributed by atoms with van der Waals surface area (Å²) in [4.78, 5) is 38.0. The molecule has 0 aliphatic heterocycles. The van der Waals surface area contributed by atoms with Crippen molar-refractivity contribution in [1.82, 2.24) is 0 Å². The molecule has 0 aliphatic rings. The second-order valence-electron chi connectivity index (χ2n) is 20.6. The first-order chi connectivity index (χ1) is 34.0. The molecule has 0 aromatic carbocycles. The van der Waals surface area contributed by atoms with Gasteiger partial charge in [-0.1, -0.05) is 256 Å². The second-order valence-corrected chi connectivity index (χ2v) is 20.6. The zero-order chi connectivity index (χ0) is 50.0. The minimum absolute atomic E-state index is 0.0751. The first-order valence-electron chi connectivity index (χ1n) is 30.5. The van der Waals surface area contributed by atoms with E-state index in [1.54, 1.807) is 0 Å². The molecule has 0 radical (unpaired) electrons. The van der Waals surface area contributed by atoms with Gasteiger partial charge in [0, 0.05) is 19.3 Å². The molecular weight excluding hydrogens is 853 g/mol. The van der Waals surface area contributed by atoms with Crippen molar-refractivity contribution < 1.29 is 28.6 Å². The van der Waals surface area contributed by atoms with Crippen molar-refractivity contribution in [3.63, 3.8) is 0 Å². The van der Waals surface area contributed by atoms with E-state index in [0.717, 1.165) is 83.5 Å². The molecular formula is C63H116O6. The molecule has 6 heteroatoms. The maximum absolute atomic E-state index is 12.8. The van der Waals surface area contributed by atoms with Crippen LogP contribution < -0.4 is 0 Å². The topological polar surface area (TPSA) is 78.9 Å². The molecule has 1 unspecified atom stereocenters. The molecule has 0 bridgehead atoms. The molecule has 0 amide bonds. The highest BCUT2D eigenvalue weighted by Crippen LogP contribution is 2.17. The van der Waals surface area contributed by atoms with Gasteiger partial charge in [-0.25, -0.2) is 0 Å². The molecule has 69 heavy (non-hydrogen) atoms. The number of unbranched alkanes of at least 4 members (excludes halogenated alkanes) is 39. The van der Waals surface area contributed by atoms with Crippen LogP contribution >= 0.6 is 0 Å². The van der Waals surface area contributed by atoms with Crippen LogP contribution in [0.1, 0.15) is 329 Å². The second kappa shape index (κ2) is 58.2. The molecule has 6 nitrogen and oxygen atoms in total. The number of hydrogen-bond acceptors (Lipinski definition) is 6. The van der Waals surface area contributed by atoms with Crippen LogP contribution in [0.2, 0.25) is 0 Å². The fourth-order valence-corrected chi connectivity index (χ4v) is 8.97. The molecule has 404 valence electrons. The van der Waals surface area contributed by atoms with Gasteiger partial charge in [-0.15, -0.1) is 0 Å². The molecule has 0 N–H and O–H groups in total. The number of hydrogen-bond donors (Lipinski definition) is 0. The Hall–Kier alpha value is -2.37. The molecule has 0 saturated carbocycles. The van der Waals surface area contributed by atoms with Crippen LogP contribution in [0.5, 0.6) is 0 Å². The van der Waals surface area contributed by atoms with E-state index in [1.165, 1.54) is 205 Å². The number of allylic oxidation sites excluding steroid dienone is 6. The summed E-state index contributed by atoms with van der Waals surface area (Å²) in [5.41, 5.74) is 0. The highest BCUT2D eigenvalue weighted by atomic mass is 16.6. The maximum Gasteiger partial charge on any atom is 0.306 e. The average molecular weight is 970 g/mol. The van der Waals surface area contributed by atoms with E-state index in [-0.39, 0.29) is 31.1 Å². The number of carbonyl (C=O) groups is 3. The van der Waals surface area contributed by atoms with Gasteiger partial charge in [0.2, 0.25) is 0 Å². The third-order valence-electron chi connectivity index (χ3n) is 13.6. The minimum atomic E-state index is -0.776. The van der Waals surface area contributed by atoms with Crippen molar-refractivity contribution in [3.05, 3.63) is 36.5 Å². The highest BCUT2D eigenvalue weighted by molar-refractivity contribution is 5.71. The Kier molecular flexibility index (Phi) is 56.2. The molecule has 0 heterocycles. The van der Waals surface area contributed by atoms with E-state index in [0.29, 0.717) is 19.3 Å². The molecule has 0 fully saturated rings. The fraction of sp³-hybridized carbons (Fsp3) is 0.857. The molecule has 0 aromatic heterocycles. The van der Waals surface area contributed by atoms with Gasteiger partial charge in [0.1, 0.15) is 13.2 Å². The Morgan fingerprint density at radius 2 is 0.507 bits per heavy atom. The standard InChI is InChI=1S/C63H116O6/c1-4-7-10-13-16-19-22-24-25-26-27-28-29-30-31-32-33-34-35-36-37-38-39-40-42-44-47-50-53-56-62(65)68-59-60(58-67-61(64)55-52-49-46-43-21-18-15-12-9-6-3)69-63(66)57-54-51-48-45-41-23-20-17-14-11-8-5-2/h12,15,17,20,26-27,60H,4-11,13-14,16,18-19,21-25,28-59H2,1-3H3/b15-12-,20-17-,27-26-. The number of rotatable bonds is 56. The van der Waals surface area contributed by atoms with E-state index in [2.05, 4.69) is 57.2 Å². The smallest absolute Gasteiger partial charge is 0.306 e. The lowest BCUT2D eigenvalue weighted by atomic mass is 10.0. The van der Waals surface area contributed by atoms with Gasteiger partial charge in [0.25, 0.3) is 0 Å². The third-order valence-corrected chi connectivity index (χ3v) is 13.6. The van der Waals surface area contributed by atoms with Crippen LogP contribution in [0.4, 0.5) is 0 Å². The Bertz CT molecular complexity index is 1160. The van der Waals surface area contributed by atoms with Crippen molar-refractivity contribution in [2.75, 3.05) is 13.2 Å². The third kappa shape index (κ3) is 56.4. The van der Waals surface area contributed by atoms with E-state index in [4.69, 9.17) is 14.2 Å². The zero-order valence-electron chi connectivity index (χ0n) is 46.3. The summed E-state index contributed by atoms with van der Waals surface area (Å²) in [7, 11) is 0. The van der Waals surface area contributed by atoms with Crippen molar-refractivity contribution in [1.29, 1.82) is 0 Å². The number of carbonyl (C=O) groups excluding carboxylic acids is 3. The summed E-state index contributed by atoms with van der Waals surface area (Å²) in [5, 5.41) is 0. The lowest BCUT2D eigenvalue weighted by molar-refractivity contribution is -0.167. The molecule has 0 aromatic rings. The average Bonchev–Trinajstić information content (AvgIpc) is 3.35. The van der Waals surface area contributed by atoms with Crippen molar-refractivity contribution in [3.8, 4) is 0 Å². The summed E-state index contributed by atoms with van der Waals surface area (Å²) in [5.74, 6) is -0.881. The Balaban J connectivity index is 4.06. The van der Waals surface area contributed by atoms with Gasteiger partial charge in [-0.2, -0.15) is 0 Å². The van der Waals surface area contributed by atoms with Crippen LogP contribution in [0.25, 0.3) is 0 Å². The summed E-state index contributed by atoms with van der Waals surface area (Å²) < 4.78 is 16.8. The van der Waals surface area contributed by atoms with Gasteiger partial charge in [-0.05, 0) is 89.9 Å². The lowest BCUT2D eigenvalue weighted by Crippen LogP contribution is -2.30. The molecule has 1 atom stereocenters. The van der Waals surface area contributed by atoms with Crippen molar-refractivity contribution in [2.24, 2.45) is 0 Å². The van der Waals surface area contributed by atoms with Crippen molar-refractivity contribution >= 4 is 17.9 Å². The van der Waals surface area contributed by atoms with Crippen molar-refractivity contribution in [2.45, 2.75) is 335 Å². The SMILES string of the molecule is CCC/C=C\CCCCCCCC(=O)OCC(COC(=O)CCCCCCCCCCCCCCCCCCC/C=C\CCCCCCCCCC)OC(=O)CCCCCCC/C=C\CCCCC. The Labute approximate surface area is 429 Å². The van der Waals surface area contributed by atoms with Gasteiger partial charge in [-0.3, -0.25) is 14.4 Å². The molecule has 0 saturated heterocycles. The van der Waals surface area contributed by atoms with Gasteiger partial charge >= 0.3 is 17.9 Å². The molecule has 0 spiro atoms. The largest absolute Gasteiger partial charge is 0.462 e. The number of esters is 3. The summed E-state index contributed by atoms with van der Waals surface area (Å²) in [6, 6.07) is 0. The first-order valence-corrected chi connectivity index (χ1v) is 30.5. The van der Waals surface area contributed by atoms with Gasteiger partial charge in [0.15, 0.2) is 6.10 Å². The van der Waals surface area contributed by atoms with E-state index < -0.39 is 6.10 Å². The predicted octanol–water partition coefficient (Wildman–Crippen LogP) is 20.4. The van der Waals surface area contributed by atoms with E-state index in [9.17, 15) is 14.4 Å². The zero-order valence-corrected chi connectivity index (χ0v) is 46.3. The van der Waals surface area contributed by atoms with Crippen LogP contribution in [-0.2, 0) is 28.6 Å². The van der Waals surface area contributed by atoms with Gasteiger partial charge < -0.3 is 14.2 Å². The summed E-state index contributed by atoms with van der Waals surface area (Å²) >= 11 is 0. The van der Waals surface area contributed by atoms with E-state index in [1.807, 2.05) is 0 Å².